The normalized spacial score (nSPS) is 55.7. The van der Waals surface area contributed by atoms with E-state index in [1.165, 1.54) is 6.08 Å². The predicted octanol–water partition coefficient (Wildman–Crippen LogP) is 4.86. The van der Waals surface area contributed by atoms with E-state index >= 15 is 4.39 Å². The molecule has 4 unspecified atom stereocenters. The van der Waals surface area contributed by atoms with Crippen LogP contribution in [0.2, 0.25) is 0 Å². The lowest BCUT2D eigenvalue weighted by atomic mass is 9.45. The molecule has 0 amide bonds. The van der Waals surface area contributed by atoms with E-state index in [4.69, 9.17) is 12.6 Å². The summed E-state index contributed by atoms with van der Waals surface area (Å²) < 4.78 is 31.4. The summed E-state index contributed by atoms with van der Waals surface area (Å²) in [7, 11) is 0. The van der Waals surface area contributed by atoms with Crippen LogP contribution in [-0.2, 0) is 4.79 Å². The Morgan fingerprint density at radius 3 is 2.65 bits per heavy atom. The average molecular weight is 340 g/mol. The minimum atomic E-state index is -1.37. The van der Waals surface area contributed by atoms with E-state index in [9.17, 15) is 9.18 Å². The SMILES string of the molecule is CC12CC[C@@]3(F)C(C[C@H](F)C4=CC(=O)CCC43C)C1CC[C@@H]2S. The molecule has 0 aromatic carbocycles. The number of alkyl halides is 2. The predicted molar refractivity (Wildman–Crippen MR) is 90.1 cm³/mol. The molecule has 0 spiro atoms. The number of hydrogen-bond acceptors (Lipinski definition) is 2. The molecule has 4 rings (SSSR count). The topological polar surface area (TPSA) is 17.1 Å². The third-order valence-electron chi connectivity index (χ3n) is 8.00. The lowest BCUT2D eigenvalue weighted by Crippen LogP contribution is -2.62. The number of carbonyl (C=O) groups is 1. The van der Waals surface area contributed by atoms with E-state index in [0.29, 0.717) is 30.1 Å². The minimum absolute atomic E-state index is 0.0329. The highest BCUT2D eigenvalue weighted by molar-refractivity contribution is 7.81. The van der Waals surface area contributed by atoms with Gasteiger partial charge in [-0.15, -0.1) is 0 Å². The van der Waals surface area contributed by atoms with Crippen LogP contribution in [0.15, 0.2) is 11.6 Å². The Bertz CT molecular complexity index is 590. The summed E-state index contributed by atoms with van der Waals surface area (Å²) in [5.41, 5.74) is -1.70. The molecular formula is C19H26F2OS. The maximum absolute atomic E-state index is 16.4. The first-order valence-electron chi connectivity index (χ1n) is 8.98. The summed E-state index contributed by atoms with van der Waals surface area (Å²) in [4.78, 5) is 11.8. The van der Waals surface area contributed by atoms with Crippen molar-refractivity contribution in [3.8, 4) is 0 Å². The van der Waals surface area contributed by atoms with Gasteiger partial charge in [-0.25, -0.2) is 8.78 Å². The fourth-order valence-corrected chi connectivity index (χ4v) is 6.87. The first-order chi connectivity index (χ1) is 10.7. The molecule has 0 aromatic heterocycles. The highest BCUT2D eigenvalue weighted by Gasteiger charge is 2.68. The molecule has 0 N–H and O–H groups in total. The Labute approximate surface area is 142 Å². The Hall–Kier alpha value is -0.380. The Kier molecular flexibility index (Phi) is 3.38. The summed E-state index contributed by atoms with van der Waals surface area (Å²) in [5, 5.41) is 0.299. The molecule has 1 nitrogen and oxygen atoms in total. The van der Waals surface area contributed by atoms with E-state index in [-0.39, 0.29) is 29.5 Å². The molecule has 0 radical (unpaired) electrons. The van der Waals surface area contributed by atoms with Crippen molar-refractivity contribution in [2.24, 2.45) is 22.7 Å². The number of rotatable bonds is 0. The van der Waals surface area contributed by atoms with Crippen molar-refractivity contribution in [3.05, 3.63) is 11.6 Å². The molecular weight excluding hydrogens is 314 g/mol. The van der Waals surface area contributed by atoms with Crippen molar-refractivity contribution >= 4 is 18.4 Å². The van der Waals surface area contributed by atoms with Crippen LogP contribution in [-0.4, -0.2) is 22.9 Å². The Morgan fingerprint density at radius 2 is 1.91 bits per heavy atom. The zero-order chi connectivity index (χ0) is 16.6. The number of carbonyl (C=O) groups excluding carboxylic acids is 1. The molecule has 0 aromatic rings. The molecule has 3 saturated carbocycles. The van der Waals surface area contributed by atoms with Gasteiger partial charge in [0.15, 0.2) is 5.78 Å². The molecule has 7 atom stereocenters. The van der Waals surface area contributed by atoms with Gasteiger partial charge in [0, 0.05) is 23.0 Å². The maximum atomic E-state index is 16.4. The highest BCUT2D eigenvalue weighted by Crippen LogP contribution is 2.69. The van der Waals surface area contributed by atoms with E-state index in [2.05, 4.69) is 6.92 Å². The van der Waals surface area contributed by atoms with E-state index in [1.54, 1.807) is 0 Å². The summed E-state index contributed by atoms with van der Waals surface area (Å²) in [6.07, 6.45) is 4.58. The van der Waals surface area contributed by atoms with Crippen molar-refractivity contribution in [3.63, 3.8) is 0 Å². The summed E-state index contributed by atoms with van der Waals surface area (Å²) >= 11 is 4.76. The second kappa shape index (κ2) is 4.83. The number of halogens is 2. The van der Waals surface area contributed by atoms with Crippen molar-refractivity contribution in [1.82, 2.24) is 0 Å². The second-order valence-corrected chi connectivity index (χ2v) is 9.40. The van der Waals surface area contributed by atoms with Gasteiger partial charge in [-0.05, 0) is 61.5 Å². The van der Waals surface area contributed by atoms with E-state index in [0.717, 1.165) is 19.3 Å². The van der Waals surface area contributed by atoms with Crippen LogP contribution in [0.25, 0.3) is 0 Å². The molecule has 128 valence electrons. The number of fused-ring (bicyclic) bond motifs is 5. The minimum Gasteiger partial charge on any atom is -0.295 e. The zero-order valence-corrected chi connectivity index (χ0v) is 14.8. The van der Waals surface area contributed by atoms with E-state index in [1.807, 2.05) is 6.92 Å². The number of ketones is 1. The van der Waals surface area contributed by atoms with E-state index < -0.39 is 17.3 Å². The first kappa shape index (κ1) is 16.1. The van der Waals surface area contributed by atoms with Crippen LogP contribution in [0.1, 0.15) is 58.8 Å². The molecule has 4 aliphatic carbocycles. The van der Waals surface area contributed by atoms with Crippen LogP contribution in [0.4, 0.5) is 8.78 Å². The molecule has 4 aliphatic rings. The fourth-order valence-electron chi connectivity index (χ4n) is 6.40. The Balaban J connectivity index is 1.80. The fraction of sp³-hybridized carbons (Fsp3) is 0.842. The van der Waals surface area contributed by atoms with Gasteiger partial charge in [-0.3, -0.25) is 4.79 Å². The second-order valence-electron chi connectivity index (χ2n) is 8.78. The third kappa shape index (κ3) is 1.88. The zero-order valence-electron chi connectivity index (χ0n) is 13.9. The summed E-state index contributed by atoms with van der Waals surface area (Å²) in [5.74, 6) is -0.0548. The molecule has 0 saturated heterocycles. The number of hydrogen-bond donors (Lipinski definition) is 1. The van der Waals surface area contributed by atoms with Crippen LogP contribution < -0.4 is 0 Å². The van der Waals surface area contributed by atoms with Gasteiger partial charge >= 0.3 is 0 Å². The summed E-state index contributed by atoms with van der Waals surface area (Å²) in [6, 6.07) is 0. The third-order valence-corrected chi connectivity index (χ3v) is 8.85. The summed E-state index contributed by atoms with van der Waals surface area (Å²) in [6.45, 7) is 4.10. The number of allylic oxidation sites excluding steroid dienone is 1. The van der Waals surface area contributed by atoms with Crippen LogP contribution in [0, 0.1) is 22.7 Å². The lowest BCUT2D eigenvalue weighted by molar-refractivity contribution is -0.150. The first-order valence-corrected chi connectivity index (χ1v) is 9.50. The van der Waals surface area contributed by atoms with Gasteiger partial charge < -0.3 is 0 Å². The molecule has 4 heteroatoms. The number of thiol groups is 1. The van der Waals surface area contributed by atoms with Gasteiger partial charge in [-0.1, -0.05) is 13.8 Å². The van der Waals surface area contributed by atoms with Gasteiger partial charge in [0.2, 0.25) is 0 Å². The molecule has 3 fully saturated rings. The van der Waals surface area contributed by atoms with Gasteiger partial charge in [0.25, 0.3) is 0 Å². The standard InChI is InChI=1S/C19H26F2OS/c1-17-7-8-19(21)13(12(17)3-4-16(17)23)10-15(20)14-9-11(22)5-6-18(14,19)2/h9,12-13,15-16,23H,3-8,10H2,1-2H3/t12?,13?,15-,16-,17?,18?,19+/m0/s1. The highest BCUT2D eigenvalue weighted by atomic mass is 32.1. The quantitative estimate of drug-likeness (QED) is 0.623. The van der Waals surface area contributed by atoms with Gasteiger partial charge in [0.05, 0.1) is 0 Å². The molecule has 0 heterocycles. The average Bonchev–Trinajstić information content (AvgIpc) is 2.80. The van der Waals surface area contributed by atoms with Gasteiger partial charge in [-0.2, -0.15) is 12.6 Å². The lowest BCUT2D eigenvalue weighted by Gasteiger charge is -2.61. The van der Waals surface area contributed by atoms with Crippen LogP contribution in [0.3, 0.4) is 0 Å². The molecule has 23 heavy (non-hydrogen) atoms. The monoisotopic (exact) mass is 340 g/mol. The van der Waals surface area contributed by atoms with Crippen LogP contribution >= 0.6 is 12.6 Å². The molecule has 0 aliphatic heterocycles. The molecule has 0 bridgehead atoms. The Morgan fingerprint density at radius 1 is 1.17 bits per heavy atom. The van der Waals surface area contributed by atoms with Crippen molar-refractivity contribution in [1.29, 1.82) is 0 Å². The van der Waals surface area contributed by atoms with Crippen molar-refractivity contribution in [2.75, 3.05) is 0 Å². The van der Waals surface area contributed by atoms with Crippen molar-refractivity contribution in [2.45, 2.75) is 75.9 Å². The van der Waals surface area contributed by atoms with Gasteiger partial charge in [0.1, 0.15) is 11.8 Å². The van der Waals surface area contributed by atoms with Crippen LogP contribution in [0.5, 0.6) is 0 Å². The largest absolute Gasteiger partial charge is 0.295 e. The smallest absolute Gasteiger partial charge is 0.155 e. The maximum Gasteiger partial charge on any atom is 0.155 e. The van der Waals surface area contributed by atoms with Crippen molar-refractivity contribution < 1.29 is 13.6 Å².